The predicted molar refractivity (Wildman–Crippen MR) is 73.9 cm³/mol. The van der Waals surface area contributed by atoms with Gasteiger partial charge in [0.25, 0.3) is 20.2 Å². The third-order valence-electron chi connectivity index (χ3n) is 2.55. The maximum Gasteiger partial charge on any atom is 0.267 e. The van der Waals surface area contributed by atoms with Gasteiger partial charge in [0, 0.05) is 0 Å². The van der Waals surface area contributed by atoms with Crippen molar-refractivity contribution in [2.24, 2.45) is 0 Å². The standard InChI is InChI=1S/C11H24O6S2/c1-5-18(12,13)16-10(3)8-7-9-11(4)17-19(14,15)6-2/h10-11H,5-9H2,1-4H3. The van der Waals surface area contributed by atoms with Crippen LogP contribution in [-0.4, -0.2) is 40.5 Å². The summed E-state index contributed by atoms with van der Waals surface area (Å²) in [6.45, 7) is 6.41. The summed E-state index contributed by atoms with van der Waals surface area (Å²) in [4.78, 5) is 0. The first-order valence-corrected chi connectivity index (χ1v) is 9.59. The molecule has 19 heavy (non-hydrogen) atoms. The van der Waals surface area contributed by atoms with E-state index in [9.17, 15) is 16.8 Å². The predicted octanol–water partition coefficient (Wildman–Crippen LogP) is 1.67. The van der Waals surface area contributed by atoms with E-state index in [0.29, 0.717) is 19.3 Å². The molecule has 0 aromatic rings. The van der Waals surface area contributed by atoms with Crippen molar-refractivity contribution in [1.82, 2.24) is 0 Å². The van der Waals surface area contributed by atoms with E-state index in [1.165, 1.54) is 13.8 Å². The van der Waals surface area contributed by atoms with Gasteiger partial charge in [-0.15, -0.1) is 0 Å². The molecular weight excluding hydrogens is 292 g/mol. The Hall–Kier alpha value is -0.180. The van der Waals surface area contributed by atoms with Gasteiger partial charge >= 0.3 is 0 Å². The average molecular weight is 316 g/mol. The second kappa shape index (κ2) is 8.18. The van der Waals surface area contributed by atoms with Crippen molar-refractivity contribution in [1.29, 1.82) is 0 Å². The van der Waals surface area contributed by atoms with Gasteiger partial charge in [0.05, 0.1) is 23.7 Å². The first-order valence-electron chi connectivity index (χ1n) is 6.43. The fourth-order valence-corrected chi connectivity index (χ4v) is 2.89. The van der Waals surface area contributed by atoms with Gasteiger partial charge in [-0.25, -0.2) is 0 Å². The first-order chi connectivity index (χ1) is 8.62. The molecule has 0 saturated carbocycles. The zero-order valence-corrected chi connectivity index (χ0v) is 13.6. The molecular formula is C11H24O6S2. The van der Waals surface area contributed by atoms with Crippen molar-refractivity contribution in [2.45, 2.75) is 59.2 Å². The van der Waals surface area contributed by atoms with Gasteiger partial charge in [-0.1, -0.05) is 0 Å². The molecule has 2 unspecified atom stereocenters. The maximum absolute atomic E-state index is 11.2. The summed E-state index contributed by atoms with van der Waals surface area (Å²) in [7, 11) is -6.86. The minimum absolute atomic E-state index is 0.0500. The molecule has 0 spiro atoms. The van der Waals surface area contributed by atoms with Crippen LogP contribution in [0.3, 0.4) is 0 Å². The van der Waals surface area contributed by atoms with Crippen molar-refractivity contribution < 1.29 is 25.2 Å². The van der Waals surface area contributed by atoms with Crippen molar-refractivity contribution in [3.05, 3.63) is 0 Å². The third-order valence-corrected chi connectivity index (χ3v) is 5.21. The van der Waals surface area contributed by atoms with Crippen LogP contribution in [0.5, 0.6) is 0 Å². The second-order valence-corrected chi connectivity index (χ2v) is 8.21. The van der Waals surface area contributed by atoms with E-state index in [-0.39, 0.29) is 11.5 Å². The minimum atomic E-state index is -3.43. The number of hydrogen-bond donors (Lipinski definition) is 0. The molecule has 0 N–H and O–H groups in total. The molecule has 0 aromatic heterocycles. The zero-order valence-electron chi connectivity index (χ0n) is 12.0. The molecule has 2 atom stereocenters. The highest BCUT2D eigenvalue weighted by Gasteiger charge is 2.16. The average Bonchev–Trinajstić information content (AvgIpc) is 2.27. The summed E-state index contributed by atoms with van der Waals surface area (Å²) < 4.78 is 54.6. The Morgan fingerprint density at radius 2 is 1.11 bits per heavy atom. The lowest BCUT2D eigenvalue weighted by Crippen LogP contribution is -2.19. The SMILES string of the molecule is CCS(=O)(=O)OC(C)CCCC(C)OS(=O)(=O)CC. The van der Waals surface area contributed by atoms with Gasteiger partial charge < -0.3 is 0 Å². The van der Waals surface area contributed by atoms with Crippen LogP contribution in [0.25, 0.3) is 0 Å². The molecule has 0 bridgehead atoms. The molecule has 0 saturated heterocycles. The molecule has 0 fully saturated rings. The molecule has 8 heteroatoms. The molecule has 0 amide bonds. The third kappa shape index (κ3) is 9.37. The van der Waals surface area contributed by atoms with Crippen molar-refractivity contribution in [3.63, 3.8) is 0 Å². The number of hydrogen-bond acceptors (Lipinski definition) is 6. The largest absolute Gasteiger partial charge is 0.267 e. The Morgan fingerprint density at radius 3 is 1.37 bits per heavy atom. The maximum atomic E-state index is 11.2. The van der Waals surface area contributed by atoms with Gasteiger partial charge in [0.1, 0.15) is 0 Å². The van der Waals surface area contributed by atoms with E-state index in [1.807, 2.05) is 0 Å². The van der Waals surface area contributed by atoms with Gasteiger partial charge in [-0.3, -0.25) is 8.37 Å². The lowest BCUT2D eigenvalue weighted by atomic mass is 10.1. The van der Waals surface area contributed by atoms with Crippen LogP contribution in [0.2, 0.25) is 0 Å². The molecule has 0 rings (SSSR count). The van der Waals surface area contributed by atoms with Crippen LogP contribution in [0.1, 0.15) is 47.0 Å². The summed E-state index contributed by atoms with van der Waals surface area (Å²) in [5.74, 6) is -0.100. The van der Waals surface area contributed by atoms with Crippen LogP contribution in [0.4, 0.5) is 0 Å². The van der Waals surface area contributed by atoms with E-state index in [2.05, 4.69) is 0 Å². The molecule has 0 radical (unpaired) electrons. The number of rotatable bonds is 10. The van der Waals surface area contributed by atoms with Crippen LogP contribution in [0.15, 0.2) is 0 Å². The lowest BCUT2D eigenvalue weighted by molar-refractivity contribution is 0.187. The molecule has 0 aromatic carbocycles. The zero-order chi connectivity index (χ0) is 15.1. The molecule has 0 aliphatic carbocycles. The van der Waals surface area contributed by atoms with Gasteiger partial charge in [-0.2, -0.15) is 16.8 Å². The highest BCUT2D eigenvalue weighted by atomic mass is 32.2. The van der Waals surface area contributed by atoms with Crippen molar-refractivity contribution in [3.8, 4) is 0 Å². The Kier molecular flexibility index (Phi) is 8.11. The Labute approximate surface area is 116 Å². The fourth-order valence-electron chi connectivity index (χ4n) is 1.43. The summed E-state index contributed by atoms with van der Waals surface area (Å²) in [5.41, 5.74) is 0. The van der Waals surface area contributed by atoms with Crippen LogP contribution >= 0.6 is 0 Å². The summed E-state index contributed by atoms with van der Waals surface area (Å²) in [6.07, 6.45) is 0.916. The molecule has 0 heterocycles. The Balaban J connectivity index is 3.98. The summed E-state index contributed by atoms with van der Waals surface area (Å²) in [5, 5.41) is 0. The lowest BCUT2D eigenvalue weighted by Gasteiger charge is -2.14. The second-order valence-electron chi connectivity index (χ2n) is 4.44. The van der Waals surface area contributed by atoms with Gasteiger partial charge in [0.15, 0.2) is 0 Å². The van der Waals surface area contributed by atoms with E-state index in [0.717, 1.165) is 0 Å². The van der Waals surface area contributed by atoms with Crippen LogP contribution in [-0.2, 0) is 28.6 Å². The molecule has 0 aliphatic heterocycles. The van der Waals surface area contributed by atoms with E-state index in [4.69, 9.17) is 8.37 Å². The van der Waals surface area contributed by atoms with E-state index in [1.54, 1.807) is 13.8 Å². The highest BCUT2D eigenvalue weighted by molar-refractivity contribution is 7.86. The fraction of sp³-hybridized carbons (Fsp3) is 1.00. The minimum Gasteiger partial charge on any atom is -0.267 e. The summed E-state index contributed by atoms with van der Waals surface area (Å²) in [6, 6.07) is 0. The Bertz CT molecular complexity index is 398. The van der Waals surface area contributed by atoms with E-state index >= 15 is 0 Å². The molecule has 116 valence electrons. The van der Waals surface area contributed by atoms with Gasteiger partial charge in [0.2, 0.25) is 0 Å². The Morgan fingerprint density at radius 1 is 0.789 bits per heavy atom. The molecule has 0 aliphatic rings. The van der Waals surface area contributed by atoms with Gasteiger partial charge in [-0.05, 0) is 47.0 Å². The van der Waals surface area contributed by atoms with Crippen LogP contribution < -0.4 is 0 Å². The molecule has 6 nitrogen and oxygen atoms in total. The smallest absolute Gasteiger partial charge is 0.267 e. The van der Waals surface area contributed by atoms with Crippen molar-refractivity contribution in [2.75, 3.05) is 11.5 Å². The monoisotopic (exact) mass is 316 g/mol. The quantitative estimate of drug-likeness (QED) is 0.570. The topological polar surface area (TPSA) is 86.7 Å². The summed E-state index contributed by atoms with van der Waals surface area (Å²) >= 11 is 0. The normalized spacial score (nSPS) is 16.2. The van der Waals surface area contributed by atoms with Crippen LogP contribution in [0, 0.1) is 0 Å². The first kappa shape index (κ1) is 18.8. The van der Waals surface area contributed by atoms with E-state index < -0.39 is 32.4 Å². The van der Waals surface area contributed by atoms with Crippen molar-refractivity contribution >= 4 is 20.2 Å². The highest BCUT2D eigenvalue weighted by Crippen LogP contribution is 2.12.